The summed E-state index contributed by atoms with van der Waals surface area (Å²) >= 11 is 0. The van der Waals surface area contributed by atoms with Crippen molar-refractivity contribution in [2.24, 2.45) is 0 Å². The number of H-pyrrole nitrogens is 1. The van der Waals surface area contributed by atoms with E-state index in [9.17, 15) is 9.59 Å². The van der Waals surface area contributed by atoms with Gasteiger partial charge >= 0.3 is 0 Å². The molecule has 2 aromatic rings. The van der Waals surface area contributed by atoms with Crippen LogP contribution in [0, 0.1) is 0 Å². The molecule has 0 aromatic carbocycles. The maximum atomic E-state index is 12.5. The zero-order valence-electron chi connectivity index (χ0n) is 16.7. The van der Waals surface area contributed by atoms with Crippen molar-refractivity contribution in [3.63, 3.8) is 0 Å². The first-order valence-electron chi connectivity index (χ1n) is 9.97. The smallest absolute Gasteiger partial charge is 0.255 e. The molecule has 2 aromatic heterocycles. The van der Waals surface area contributed by atoms with Crippen LogP contribution in [0.5, 0.6) is 0 Å². The highest BCUT2D eigenvalue weighted by molar-refractivity contribution is 5.94. The Balaban J connectivity index is 1.52. The standard InChI is InChI=1S/C19H29N7O2/c1-12(2)17-23-18(25-24-17)13(3)21-19(28)14-9-20-26(10-14)11-16(27)22-15-7-5-4-6-8-15/h9-10,12-13,15H,4-8,11H2,1-3H3,(H,21,28)(H,22,27)(H,23,24,25). The van der Waals surface area contributed by atoms with Crippen LogP contribution in [-0.2, 0) is 11.3 Å². The summed E-state index contributed by atoms with van der Waals surface area (Å²) in [5, 5.41) is 17.1. The highest BCUT2D eigenvalue weighted by atomic mass is 16.2. The van der Waals surface area contributed by atoms with Gasteiger partial charge in [-0.25, -0.2) is 4.98 Å². The molecule has 1 fully saturated rings. The lowest BCUT2D eigenvalue weighted by atomic mass is 9.95. The second-order valence-corrected chi connectivity index (χ2v) is 7.76. The molecule has 0 saturated heterocycles. The monoisotopic (exact) mass is 387 g/mol. The van der Waals surface area contributed by atoms with Crippen molar-refractivity contribution in [2.45, 2.75) is 77.4 Å². The van der Waals surface area contributed by atoms with Crippen LogP contribution in [0.1, 0.15) is 86.8 Å². The van der Waals surface area contributed by atoms with Crippen molar-refractivity contribution in [3.8, 4) is 0 Å². The van der Waals surface area contributed by atoms with Crippen LogP contribution in [0.25, 0.3) is 0 Å². The van der Waals surface area contributed by atoms with Crippen molar-refractivity contribution in [3.05, 3.63) is 29.6 Å². The summed E-state index contributed by atoms with van der Waals surface area (Å²) in [6.45, 7) is 5.97. The molecule has 3 N–H and O–H groups in total. The van der Waals surface area contributed by atoms with E-state index in [4.69, 9.17) is 0 Å². The second-order valence-electron chi connectivity index (χ2n) is 7.76. The largest absolute Gasteiger partial charge is 0.352 e. The van der Waals surface area contributed by atoms with Gasteiger partial charge in [-0.15, -0.1) is 0 Å². The summed E-state index contributed by atoms with van der Waals surface area (Å²) in [4.78, 5) is 29.0. The van der Waals surface area contributed by atoms with Crippen LogP contribution < -0.4 is 10.6 Å². The van der Waals surface area contributed by atoms with E-state index >= 15 is 0 Å². The Morgan fingerprint density at radius 2 is 2.00 bits per heavy atom. The van der Waals surface area contributed by atoms with Crippen LogP contribution in [-0.4, -0.2) is 42.8 Å². The number of nitrogens with one attached hydrogen (secondary N) is 3. The zero-order chi connectivity index (χ0) is 20.1. The molecular formula is C19H29N7O2. The molecule has 0 aliphatic heterocycles. The third-order valence-corrected chi connectivity index (χ3v) is 4.97. The molecule has 3 rings (SSSR count). The number of amides is 2. The SMILES string of the molecule is CC(C)c1n[nH]c(C(C)NC(=O)c2cnn(CC(=O)NC3CCCCC3)c2)n1. The number of aromatic amines is 1. The van der Waals surface area contributed by atoms with Crippen molar-refractivity contribution < 1.29 is 9.59 Å². The molecule has 28 heavy (non-hydrogen) atoms. The topological polar surface area (TPSA) is 118 Å². The van der Waals surface area contributed by atoms with Gasteiger partial charge in [0.2, 0.25) is 5.91 Å². The Hall–Kier alpha value is -2.71. The summed E-state index contributed by atoms with van der Waals surface area (Å²) < 4.78 is 1.49. The van der Waals surface area contributed by atoms with Crippen LogP contribution in [0.4, 0.5) is 0 Å². The van der Waals surface area contributed by atoms with E-state index < -0.39 is 0 Å². The second kappa shape index (κ2) is 8.99. The van der Waals surface area contributed by atoms with Crippen LogP contribution in [0.15, 0.2) is 12.4 Å². The van der Waals surface area contributed by atoms with Gasteiger partial charge in [-0.3, -0.25) is 19.4 Å². The molecular weight excluding hydrogens is 358 g/mol. The number of carbonyl (C=O) groups is 2. The summed E-state index contributed by atoms with van der Waals surface area (Å²) in [6, 6.07) is -0.0523. The Morgan fingerprint density at radius 3 is 2.68 bits per heavy atom. The van der Waals surface area contributed by atoms with E-state index in [-0.39, 0.29) is 36.4 Å². The van der Waals surface area contributed by atoms with Crippen LogP contribution in [0.2, 0.25) is 0 Å². The number of aromatic nitrogens is 5. The highest BCUT2D eigenvalue weighted by Crippen LogP contribution is 2.17. The quantitative estimate of drug-likeness (QED) is 0.672. The lowest BCUT2D eigenvalue weighted by Gasteiger charge is -2.22. The lowest BCUT2D eigenvalue weighted by Crippen LogP contribution is -2.38. The highest BCUT2D eigenvalue weighted by Gasteiger charge is 2.19. The van der Waals surface area contributed by atoms with Crippen molar-refractivity contribution in [2.75, 3.05) is 0 Å². The molecule has 9 nitrogen and oxygen atoms in total. The molecule has 1 saturated carbocycles. The number of hydrogen-bond acceptors (Lipinski definition) is 5. The summed E-state index contributed by atoms with van der Waals surface area (Å²) in [7, 11) is 0. The van der Waals surface area contributed by atoms with Gasteiger partial charge in [0.15, 0.2) is 5.82 Å². The average molecular weight is 387 g/mol. The van der Waals surface area contributed by atoms with Crippen molar-refractivity contribution in [1.29, 1.82) is 0 Å². The summed E-state index contributed by atoms with van der Waals surface area (Å²) in [5.41, 5.74) is 0.404. The molecule has 0 bridgehead atoms. The van der Waals surface area contributed by atoms with E-state index in [1.165, 1.54) is 30.1 Å². The number of rotatable bonds is 7. The molecule has 1 aliphatic carbocycles. The van der Waals surface area contributed by atoms with E-state index in [0.29, 0.717) is 17.2 Å². The number of hydrogen-bond donors (Lipinski definition) is 3. The van der Waals surface area contributed by atoms with E-state index in [2.05, 4.69) is 30.9 Å². The maximum Gasteiger partial charge on any atom is 0.255 e. The third-order valence-electron chi connectivity index (χ3n) is 4.97. The lowest BCUT2D eigenvalue weighted by molar-refractivity contribution is -0.122. The van der Waals surface area contributed by atoms with Gasteiger partial charge < -0.3 is 10.6 Å². The first kappa shape index (κ1) is 20.0. The number of nitrogens with zero attached hydrogens (tertiary/aromatic N) is 4. The van der Waals surface area contributed by atoms with Gasteiger partial charge in [-0.2, -0.15) is 10.2 Å². The molecule has 1 atom stereocenters. The molecule has 152 valence electrons. The van der Waals surface area contributed by atoms with Gasteiger partial charge in [-0.05, 0) is 19.8 Å². The van der Waals surface area contributed by atoms with Gasteiger partial charge in [-0.1, -0.05) is 33.1 Å². The predicted octanol–water partition coefficient (Wildman–Crippen LogP) is 2.06. The zero-order valence-corrected chi connectivity index (χ0v) is 16.7. The molecule has 2 heterocycles. The van der Waals surface area contributed by atoms with Gasteiger partial charge in [0.05, 0.1) is 17.8 Å². The Kier molecular flexibility index (Phi) is 6.43. The molecule has 1 unspecified atom stereocenters. The molecule has 0 radical (unpaired) electrons. The molecule has 1 aliphatic rings. The van der Waals surface area contributed by atoms with Crippen molar-refractivity contribution >= 4 is 11.8 Å². The van der Waals surface area contributed by atoms with E-state index in [0.717, 1.165) is 12.8 Å². The van der Waals surface area contributed by atoms with Crippen LogP contribution in [0.3, 0.4) is 0 Å². The molecule has 9 heteroatoms. The summed E-state index contributed by atoms with van der Waals surface area (Å²) in [5.74, 6) is 1.20. The number of carbonyl (C=O) groups excluding carboxylic acids is 2. The summed E-state index contributed by atoms with van der Waals surface area (Å²) in [6.07, 6.45) is 8.71. The van der Waals surface area contributed by atoms with E-state index in [1.54, 1.807) is 6.20 Å². The normalized spacial score (nSPS) is 16.1. The van der Waals surface area contributed by atoms with Gasteiger partial charge in [0.25, 0.3) is 5.91 Å². The Bertz CT molecular complexity index is 805. The first-order chi connectivity index (χ1) is 13.4. The van der Waals surface area contributed by atoms with Crippen molar-refractivity contribution in [1.82, 2.24) is 35.6 Å². The predicted molar refractivity (Wildman–Crippen MR) is 104 cm³/mol. The maximum absolute atomic E-state index is 12.5. The fourth-order valence-electron chi connectivity index (χ4n) is 3.32. The fourth-order valence-corrected chi connectivity index (χ4v) is 3.32. The Morgan fingerprint density at radius 1 is 1.25 bits per heavy atom. The molecule has 0 spiro atoms. The average Bonchev–Trinajstić information content (AvgIpc) is 3.32. The van der Waals surface area contributed by atoms with Crippen LogP contribution >= 0.6 is 0 Å². The van der Waals surface area contributed by atoms with Gasteiger partial charge in [0, 0.05) is 18.2 Å². The van der Waals surface area contributed by atoms with Gasteiger partial charge in [0.1, 0.15) is 12.4 Å². The minimum atomic E-state index is -0.314. The Labute approximate surface area is 164 Å². The first-order valence-corrected chi connectivity index (χ1v) is 9.97. The molecule has 2 amide bonds. The minimum Gasteiger partial charge on any atom is -0.352 e. The minimum absolute atomic E-state index is 0.0711. The third kappa shape index (κ3) is 5.17. The van der Waals surface area contributed by atoms with E-state index in [1.807, 2.05) is 20.8 Å². The fraction of sp³-hybridized carbons (Fsp3) is 0.632.